The molecule has 126 valence electrons. The molecule has 0 radical (unpaired) electrons. The highest BCUT2D eigenvalue weighted by atomic mass is 16.5. The summed E-state index contributed by atoms with van der Waals surface area (Å²) in [6.45, 7) is 3.29. The predicted molar refractivity (Wildman–Crippen MR) is 91.4 cm³/mol. The normalized spacial score (nSPS) is 13.6. The molecule has 0 spiro atoms. The second kappa shape index (κ2) is 6.35. The molecule has 0 N–H and O–H groups in total. The van der Waals surface area contributed by atoms with Crippen molar-refractivity contribution in [3.8, 4) is 5.75 Å². The van der Waals surface area contributed by atoms with Gasteiger partial charge in [-0.1, -0.05) is 18.2 Å². The average Bonchev–Trinajstić information content (AvgIpc) is 3.05. The van der Waals surface area contributed by atoms with Crippen LogP contribution in [0.15, 0.2) is 48.7 Å². The van der Waals surface area contributed by atoms with Gasteiger partial charge in [-0.2, -0.15) is 5.10 Å². The highest BCUT2D eigenvalue weighted by molar-refractivity contribution is 6.04. The zero-order chi connectivity index (χ0) is 17.2. The number of amides is 1. The molecule has 0 unspecified atom stereocenters. The minimum absolute atomic E-state index is 0.143. The summed E-state index contributed by atoms with van der Waals surface area (Å²) in [4.78, 5) is 22.9. The van der Waals surface area contributed by atoms with Crippen molar-refractivity contribution in [2.24, 2.45) is 0 Å². The number of hydrogen-bond donors (Lipinski definition) is 0. The van der Waals surface area contributed by atoms with Gasteiger partial charge >= 0.3 is 0 Å². The number of rotatable bonds is 4. The van der Waals surface area contributed by atoms with E-state index in [0.717, 1.165) is 17.1 Å². The van der Waals surface area contributed by atoms with Crippen molar-refractivity contribution in [2.45, 2.75) is 20.1 Å². The quantitative estimate of drug-likeness (QED) is 0.731. The number of aryl methyl sites for hydroxylation is 1. The first-order valence-electron chi connectivity index (χ1n) is 8.07. The Bertz CT molecular complexity index is 907. The van der Waals surface area contributed by atoms with E-state index in [1.807, 2.05) is 37.3 Å². The third-order valence-electron chi connectivity index (χ3n) is 3.98. The monoisotopic (exact) mass is 335 g/mol. The number of aromatic nitrogens is 4. The fraction of sp³-hybridized carbons (Fsp3) is 0.222. The first-order chi connectivity index (χ1) is 12.2. The fourth-order valence-electron chi connectivity index (χ4n) is 2.75. The van der Waals surface area contributed by atoms with Crippen molar-refractivity contribution in [1.29, 1.82) is 0 Å². The number of fused-ring (bicyclic) bond motifs is 1. The topological polar surface area (TPSA) is 73.1 Å². The van der Waals surface area contributed by atoms with Crippen LogP contribution < -0.4 is 9.64 Å². The Labute approximate surface area is 144 Å². The van der Waals surface area contributed by atoms with Crippen LogP contribution in [0.1, 0.15) is 21.9 Å². The molecule has 1 amide bonds. The molecular weight excluding hydrogens is 318 g/mol. The summed E-state index contributed by atoms with van der Waals surface area (Å²) in [6.07, 6.45) is 1.66. The number of nitrogens with zero attached hydrogens (tertiary/aromatic N) is 5. The average molecular weight is 335 g/mol. The standard InChI is InChI=1S/C18H17N5O2/c1-13-7-8-19-18(20-13)22-9-10-23-16(17(22)24)11-14(21-23)12-25-15-5-3-2-4-6-15/h2-8,11H,9-10,12H2,1H3. The third-order valence-corrected chi connectivity index (χ3v) is 3.98. The Morgan fingerprint density at radius 1 is 1.16 bits per heavy atom. The minimum atomic E-state index is -0.143. The molecule has 7 nitrogen and oxygen atoms in total. The Hall–Kier alpha value is -3.22. The summed E-state index contributed by atoms with van der Waals surface area (Å²) in [5, 5.41) is 4.47. The van der Waals surface area contributed by atoms with E-state index in [-0.39, 0.29) is 5.91 Å². The summed E-state index contributed by atoms with van der Waals surface area (Å²) in [7, 11) is 0. The molecule has 1 aromatic carbocycles. The van der Waals surface area contributed by atoms with E-state index in [1.54, 1.807) is 27.9 Å². The van der Waals surface area contributed by atoms with Gasteiger partial charge in [0.2, 0.25) is 5.95 Å². The predicted octanol–water partition coefficient (Wildman–Crippen LogP) is 2.22. The molecule has 0 saturated carbocycles. The van der Waals surface area contributed by atoms with Crippen molar-refractivity contribution in [3.63, 3.8) is 0 Å². The smallest absolute Gasteiger partial charge is 0.278 e. The van der Waals surface area contributed by atoms with Crippen LogP contribution in [0.3, 0.4) is 0 Å². The second-order valence-corrected chi connectivity index (χ2v) is 5.80. The summed E-state index contributed by atoms with van der Waals surface area (Å²) < 4.78 is 7.43. The van der Waals surface area contributed by atoms with Crippen molar-refractivity contribution < 1.29 is 9.53 Å². The largest absolute Gasteiger partial charge is 0.487 e. The van der Waals surface area contributed by atoms with E-state index in [0.29, 0.717) is 31.3 Å². The van der Waals surface area contributed by atoms with Gasteiger partial charge in [-0.05, 0) is 31.2 Å². The van der Waals surface area contributed by atoms with Crippen LogP contribution in [-0.4, -0.2) is 32.2 Å². The van der Waals surface area contributed by atoms with Gasteiger partial charge in [0.15, 0.2) is 0 Å². The molecular formula is C18H17N5O2. The van der Waals surface area contributed by atoms with E-state index in [9.17, 15) is 4.79 Å². The van der Waals surface area contributed by atoms with Gasteiger partial charge in [-0.25, -0.2) is 9.97 Å². The van der Waals surface area contributed by atoms with Crippen LogP contribution in [0.2, 0.25) is 0 Å². The van der Waals surface area contributed by atoms with Crippen molar-refractivity contribution in [3.05, 3.63) is 65.7 Å². The van der Waals surface area contributed by atoms with Crippen molar-refractivity contribution in [1.82, 2.24) is 19.7 Å². The molecule has 0 aliphatic carbocycles. The lowest BCUT2D eigenvalue weighted by molar-refractivity contribution is 0.0960. The molecule has 0 saturated heterocycles. The Morgan fingerprint density at radius 3 is 2.80 bits per heavy atom. The molecule has 3 aromatic rings. The number of para-hydroxylation sites is 1. The van der Waals surface area contributed by atoms with Crippen LogP contribution in [0.4, 0.5) is 5.95 Å². The molecule has 0 fully saturated rings. The molecule has 1 aliphatic heterocycles. The fourth-order valence-corrected chi connectivity index (χ4v) is 2.75. The van der Waals surface area contributed by atoms with Gasteiger partial charge in [-0.15, -0.1) is 0 Å². The zero-order valence-electron chi connectivity index (χ0n) is 13.8. The van der Waals surface area contributed by atoms with Gasteiger partial charge in [0.05, 0.1) is 6.54 Å². The maximum atomic E-state index is 12.8. The van der Waals surface area contributed by atoms with Crippen LogP contribution in [-0.2, 0) is 13.2 Å². The van der Waals surface area contributed by atoms with Crippen LogP contribution >= 0.6 is 0 Å². The van der Waals surface area contributed by atoms with E-state index < -0.39 is 0 Å². The first kappa shape index (κ1) is 15.3. The summed E-state index contributed by atoms with van der Waals surface area (Å²) in [6, 6.07) is 13.1. The highest BCUT2D eigenvalue weighted by Crippen LogP contribution is 2.19. The van der Waals surface area contributed by atoms with Gasteiger partial charge in [0.1, 0.15) is 23.7 Å². The molecule has 3 heterocycles. The SMILES string of the molecule is Cc1ccnc(N2CCn3nc(COc4ccccc4)cc3C2=O)n1. The lowest BCUT2D eigenvalue weighted by Gasteiger charge is -2.25. The van der Waals surface area contributed by atoms with Crippen molar-refractivity contribution in [2.75, 3.05) is 11.4 Å². The first-order valence-corrected chi connectivity index (χ1v) is 8.07. The Balaban J connectivity index is 1.53. The highest BCUT2D eigenvalue weighted by Gasteiger charge is 2.29. The van der Waals surface area contributed by atoms with Gasteiger partial charge in [0.25, 0.3) is 5.91 Å². The lowest BCUT2D eigenvalue weighted by Crippen LogP contribution is -2.41. The summed E-state index contributed by atoms with van der Waals surface area (Å²) in [5.41, 5.74) is 2.08. The van der Waals surface area contributed by atoms with Gasteiger partial charge < -0.3 is 4.74 Å². The minimum Gasteiger partial charge on any atom is -0.487 e. The second-order valence-electron chi connectivity index (χ2n) is 5.80. The maximum absolute atomic E-state index is 12.8. The number of benzene rings is 1. The number of hydrogen-bond acceptors (Lipinski definition) is 5. The number of ether oxygens (including phenoxy) is 1. The third kappa shape index (κ3) is 3.08. The van der Waals surface area contributed by atoms with Crippen LogP contribution in [0.5, 0.6) is 5.75 Å². The molecule has 1 aliphatic rings. The van der Waals surface area contributed by atoms with Crippen molar-refractivity contribution >= 4 is 11.9 Å². The Morgan fingerprint density at radius 2 is 2.00 bits per heavy atom. The van der Waals surface area contributed by atoms with E-state index in [1.165, 1.54) is 0 Å². The molecule has 0 atom stereocenters. The van der Waals surface area contributed by atoms with Crippen LogP contribution in [0, 0.1) is 6.92 Å². The maximum Gasteiger partial charge on any atom is 0.278 e. The molecule has 4 rings (SSSR count). The summed E-state index contributed by atoms with van der Waals surface area (Å²) >= 11 is 0. The molecule has 25 heavy (non-hydrogen) atoms. The van der Waals surface area contributed by atoms with Gasteiger partial charge in [-0.3, -0.25) is 14.4 Å². The molecule has 0 bridgehead atoms. The lowest BCUT2D eigenvalue weighted by atomic mass is 10.2. The van der Waals surface area contributed by atoms with E-state index in [2.05, 4.69) is 15.1 Å². The number of anilines is 1. The number of carbonyl (C=O) groups excluding carboxylic acids is 1. The van der Waals surface area contributed by atoms with E-state index in [4.69, 9.17) is 4.74 Å². The molecule has 7 heteroatoms. The van der Waals surface area contributed by atoms with Gasteiger partial charge in [0, 0.05) is 18.4 Å². The zero-order valence-corrected chi connectivity index (χ0v) is 13.8. The number of carbonyl (C=O) groups is 1. The van der Waals surface area contributed by atoms with E-state index >= 15 is 0 Å². The van der Waals surface area contributed by atoms with Crippen LogP contribution in [0.25, 0.3) is 0 Å². The Kier molecular flexibility index (Phi) is 3.89. The molecule has 2 aromatic heterocycles. The summed E-state index contributed by atoms with van der Waals surface area (Å²) in [5.74, 6) is 1.06.